The molecule has 5 heterocycles. The highest BCUT2D eigenvalue weighted by Gasteiger charge is 2.40. The lowest BCUT2D eigenvalue weighted by Crippen LogP contribution is -2.52. The van der Waals surface area contributed by atoms with Gasteiger partial charge in [0.25, 0.3) is 0 Å². The number of halogens is 3. The molecule has 0 unspecified atom stereocenters. The summed E-state index contributed by atoms with van der Waals surface area (Å²) in [6, 6.07) is 7.33. The normalized spacial score (nSPS) is 24.9. The summed E-state index contributed by atoms with van der Waals surface area (Å²) in [6.45, 7) is 7.47. The van der Waals surface area contributed by atoms with Crippen LogP contribution in [0.1, 0.15) is 74.8 Å². The van der Waals surface area contributed by atoms with Crippen LogP contribution >= 0.6 is 0 Å². The van der Waals surface area contributed by atoms with Crippen LogP contribution in [0.25, 0.3) is 0 Å². The molecule has 0 radical (unpaired) electrons. The minimum atomic E-state index is -4.58. The quantitative estimate of drug-likeness (QED) is 0.328. The number of nitrogens with one attached hydrogen (secondary N) is 2. The maximum absolute atomic E-state index is 13.9. The summed E-state index contributed by atoms with van der Waals surface area (Å²) in [5.41, 5.74) is 2.35. The zero-order valence-corrected chi connectivity index (χ0v) is 26.9. The predicted molar refractivity (Wildman–Crippen MR) is 174 cm³/mol. The molecule has 2 aromatic rings. The highest BCUT2D eigenvalue weighted by atomic mass is 19.4. The van der Waals surface area contributed by atoms with Crippen molar-refractivity contribution < 1.29 is 18.0 Å². The second kappa shape index (κ2) is 13.2. The minimum Gasteiger partial charge on any atom is -0.371 e. The van der Waals surface area contributed by atoms with Crippen molar-refractivity contribution in [3.63, 3.8) is 0 Å². The molecule has 9 nitrogen and oxygen atoms in total. The van der Waals surface area contributed by atoms with Crippen LogP contribution in [0.2, 0.25) is 0 Å². The lowest BCUT2D eigenvalue weighted by molar-refractivity contribution is -0.146. The molecule has 1 aromatic carbocycles. The van der Waals surface area contributed by atoms with Gasteiger partial charge in [-0.05, 0) is 94.5 Å². The lowest BCUT2D eigenvalue weighted by atomic mass is 9.79. The van der Waals surface area contributed by atoms with Gasteiger partial charge < -0.3 is 25.3 Å². The Labute approximate surface area is 269 Å². The van der Waals surface area contributed by atoms with Crippen molar-refractivity contribution in [2.45, 2.75) is 82.0 Å². The van der Waals surface area contributed by atoms with Crippen molar-refractivity contribution in [3.05, 3.63) is 35.5 Å². The van der Waals surface area contributed by atoms with Crippen LogP contribution in [0.4, 0.5) is 36.3 Å². The average Bonchev–Trinajstić information content (AvgIpc) is 3.91. The number of piperazine rings is 1. The molecule has 2 aliphatic carbocycles. The standard InChI is InChI=1S/C34H47F3N8O/c1-42-17-19-44(20-18-42)25-11-15-43(16-12-25)27-9-10-30(28(21-27)23-3-4-23)40-33-39-22-29(34(35,36)37)31(41-33)38-13-2-14-45-26-7-5-24(6-8-26)32(45)46/h9-10,21-26H,2-8,11-20H2,1H3,(H2,38,39,40,41). The topological polar surface area (TPSA) is 79.9 Å². The van der Waals surface area contributed by atoms with E-state index in [1.165, 1.54) is 11.3 Å². The molecule has 8 rings (SSSR count). The molecular weight excluding hydrogens is 593 g/mol. The van der Waals surface area contributed by atoms with E-state index in [9.17, 15) is 18.0 Å². The first kappa shape index (κ1) is 31.5. The van der Waals surface area contributed by atoms with Gasteiger partial charge in [-0.25, -0.2) is 4.98 Å². The van der Waals surface area contributed by atoms with Gasteiger partial charge in [0.2, 0.25) is 11.9 Å². The number of anilines is 4. The molecule has 6 aliphatic rings. The number of likely N-dealkylation sites (N-methyl/N-ethyl adjacent to an activating group) is 1. The van der Waals surface area contributed by atoms with Crippen LogP contribution < -0.4 is 15.5 Å². The summed E-state index contributed by atoms with van der Waals surface area (Å²) in [5.74, 6) is 0.676. The Morgan fingerprint density at radius 2 is 1.61 bits per heavy atom. The molecule has 12 heteroatoms. The number of nitrogens with zero attached hydrogens (tertiary/aromatic N) is 6. The highest BCUT2D eigenvalue weighted by molar-refractivity contribution is 5.80. The Kier molecular flexibility index (Phi) is 9.02. The number of piperidine rings is 3. The molecule has 0 atom stereocenters. The molecule has 2 saturated carbocycles. The minimum absolute atomic E-state index is 0.124. The molecule has 1 amide bonds. The number of alkyl halides is 3. The van der Waals surface area contributed by atoms with Crippen molar-refractivity contribution in [3.8, 4) is 0 Å². The van der Waals surface area contributed by atoms with Gasteiger partial charge >= 0.3 is 6.18 Å². The van der Waals surface area contributed by atoms with Crippen LogP contribution in [0.3, 0.4) is 0 Å². The summed E-state index contributed by atoms with van der Waals surface area (Å²) in [7, 11) is 2.20. The molecular formula is C34H47F3N8O. The Hall–Kier alpha value is -3.12. The first-order chi connectivity index (χ1) is 22.2. The van der Waals surface area contributed by atoms with Crippen molar-refractivity contribution in [1.82, 2.24) is 24.7 Å². The zero-order valence-electron chi connectivity index (χ0n) is 26.9. The molecule has 2 N–H and O–H groups in total. The molecule has 1 aromatic heterocycles. The number of aromatic nitrogens is 2. The van der Waals surface area contributed by atoms with E-state index in [1.54, 1.807) is 0 Å². The lowest BCUT2D eigenvalue weighted by Gasteiger charge is -2.44. The zero-order chi connectivity index (χ0) is 31.8. The van der Waals surface area contributed by atoms with Crippen LogP contribution in [-0.4, -0.2) is 102 Å². The number of amides is 1. The predicted octanol–water partition coefficient (Wildman–Crippen LogP) is 5.54. The van der Waals surface area contributed by atoms with E-state index in [4.69, 9.17) is 0 Å². The van der Waals surface area contributed by atoms with E-state index in [-0.39, 0.29) is 36.2 Å². The monoisotopic (exact) mass is 640 g/mol. The summed E-state index contributed by atoms with van der Waals surface area (Å²) >= 11 is 0. The summed E-state index contributed by atoms with van der Waals surface area (Å²) < 4.78 is 41.7. The first-order valence-corrected chi connectivity index (χ1v) is 17.3. The third-order valence-electron chi connectivity index (χ3n) is 10.9. The third kappa shape index (κ3) is 6.93. The van der Waals surface area contributed by atoms with Crippen molar-refractivity contribution >= 4 is 29.0 Å². The van der Waals surface area contributed by atoms with Gasteiger partial charge in [-0.1, -0.05) is 0 Å². The Bertz CT molecular complexity index is 1380. The van der Waals surface area contributed by atoms with Gasteiger partial charge in [-0.15, -0.1) is 0 Å². The van der Waals surface area contributed by atoms with E-state index < -0.39 is 11.7 Å². The molecule has 46 heavy (non-hydrogen) atoms. The SMILES string of the molecule is CN1CCN(C2CCN(c3ccc(Nc4ncc(C(F)(F)F)c(NCCCN5C(=O)C6CCC5CC6)n4)c(C4CC4)c3)CC2)CC1. The van der Waals surface area contributed by atoms with E-state index in [1.807, 2.05) is 11.0 Å². The summed E-state index contributed by atoms with van der Waals surface area (Å²) in [5, 5.41) is 6.17. The van der Waals surface area contributed by atoms with Crippen LogP contribution in [0.15, 0.2) is 24.4 Å². The van der Waals surface area contributed by atoms with Crippen molar-refractivity contribution in [2.24, 2.45) is 5.92 Å². The second-order valence-electron chi connectivity index (χ2n) is 14.0. The van der Waals surface area contributed by atoms with Crippen molar-refractivity contribution in [1.29, 1.82) is 0 Å². The van der Waals surface area contributed by atoms with E-state index >= 15 is 0 Å². The van der Waals surface area contributed by atoms with Gasteiger partial charge in [0.15, 0.2) is 0 Å². The fourth-order valence-electron chi connectivity index (χ4n) is 7.97. The number of carbonyl (C=O) groups excluding carboxylic acids is 1. The van der Waals surface area contributed by atoms with Gasteiger partial charge in [-0.3, -0.25) is 9.69 Å². The average molecular weight is 641 g/mol. The van der Waals surface area contributed by atoms with Crippen LogP contribution in [0.5, 0.6) is 0 Å². The van der Waals surface area contributed by atoms with E-state index in [0.29, 0.717) is 24.9 Å². The fraction of sp³-hybridized carbons (Fsp3) is 0.676. The smallest absolute Gasteiger partial charge is 0.371 e. The summed E-state index contributed by atoms with van der Waals surface area (Å²) in [6.07, 6.45) is 5.35. The van der Waals surface area contributed by atoms with Gasteiger partial charge in [0, 0.05) is 87.9 Å². The second-order valence-corrected chi connectivity index (χ2v) is 14.0. The number of rotatable bonds is 10. The maximum Gasteiger partial charge on any atom is 0.421 e. The third-order valence-corrected chi connectivity index (χ3v) is 10.9. The van der Waals surface area contributed by atoms with Crippen LogP contribution in [-0.2, 0) is 11.0 Å². The van der Waals surface area contributed by atoms with E-state index in [0.717, 1.165) is 103 Å². The molecule has 6 fully saturated rings. The Balaban J connectivity index is 0.998. The number of carbonyl (C=O) groups is 1. The summed E-state index contributed by atoms with van der Waals surface area (Å²) in [4.78, 5) is 30.5. The number of benzene rings is 1. The number of hydrogen-bond donors (Lipinski definition) is 2. The molecule has 4 aliphatic heterocycles. The highest BCUT2D eigenvalue weighted by Crippen LogP contribution is 2.46. The number of hydrogen-bond acceptors (Lipinski definition) is 8. The maximum atomic E-state index is 13.9. The molecule has 0 spiro atoms. The van der Waals surface area contributed by atoms with Gasteiger partial charge in [-0.2, -0.15) is 18.2 Å². The first-order valence-electron chi connectivity index (χ1n) is 17.3. The fourth-order valence-corrected chi connectivity index (χ4v) is 7.97. The van der Waals surface area contributed by atoms with Crippen LogP contribution in [0, 0.1) is 5.92 Å². The molecule has 2 bridgehead atoms. The van der Waals surface area contributed by atoms with Crippen molar-refractivity contribution in [2.75, 3.05) is 74.9 Å². The largest absolute Gasteiger partial charge is 0.421 e. The molecule has 4 saturated heterocycles. The van der Waals surface area contributed by atoms with Gasteiger partial charge in [0.1, 0.15) is 11.4 Å². The Morgan fingerprint density at radius 1 is 0.891 bits per heavy atom. The molecule has 250 valence electrons. The van der Waals surface area contributed by atoms with E-state index in [2.05, 4.69) is 54.5 Å². The number of fused-ring (bicyclic) bond motifs is 3. The Morgan fingerprint density at radius 3 is 2.28 bits per heavy atom. The van der Waals surface area contributed by atoms with Gasteiger partial charge in [0.05, 0.1) is 0 Å².